The Morgan fingerprint density at radius 3 is 2.60 bits per heavy atom. The Morgan fingerprint density at radius 2 is 1.97 bits per heavy atom. The Hall–Kier alpha value is -3.11. The largest absolute Gasteiger partial charge is 0.462 e. The Bertz CT molecular complexity index is 1020. The number of nitrogens with two attached hydrogens (primary N) is 1. The summed E-state index contributed by atoms with van der Waals surface area (Å²) in [5.74, 6) is -3.18. The van der Waals surface area contributed by atoms with Gasteiger partial charge in [0.1, 0.15) is 23.7 Å². The molecule has 0 saturated carbocycles. The third-order valence-electron chi connectivity index (χ3n) is 4.70. The van der Waals surface area contributed by atoms with Gasteiger partial charge in [0, 0.05) is 18.2 Å². The highest BCUT2D eigenvalue weighted by atomic mass is 19.4. The van der Waals surface area contributed by atoms with Crippen LogP contribution in [0.25, 0.3) is 0 Å². The smallest absolute Gasteiger partial charge is 0.417 e. The van der Waals surface area contributed by atoms with Crippen LogP contribution in [0, 0.1) is 11.6 Å². The van der Waals surface area contributed by atoms with Gasteiger partial charge >= 0.3 is 6.18 Å². The van der Waals surface area contributed by atoms with Gasteiger partial charge in [-0.2, -0.15) is 13.2 Å². The van der Waals surface area contributed by atoms with Crippen LogP contribution in [0.2, 0.25) is 0 Å². The summed E-state index contributed by atoms with van der Waals surface area (Å²) in [5, 5.41) is 0. The molecule has 5 nitrogen and oxygen atoms in total. The number of halogens is 6. The van der Waals surface area contributed by atoms with Gasteiger partial charge < -0.3 is 10.5 Å². The lowest BCUT2D eigenvalue weighted by Crippen LogP contribution is -2.43. The molecular weight excluding hydrogens is 416 g/mol. The minimum atomic E-state index is -4.81. The summed E-state index contributed by atoms with van der Waals surface area (Å²) in [4.78, 5) is 19.5. The van der Waals surface area contributed by atoms with Crippen molar-refractivity contribution in [3.8, 4) is 0 Å². The van der Waals surface area contributed by atoms with E-state index in [-0.39, 0.29) is 23.2 Å². The van der Waals surface area contributed by atoms with Crippen LogP contribution in [-0.2, 0) is 22.9 Å². The molecule has 11 heteroatoms. The zero-order valence-electron chi connectivity index (χ0n) is 15.4. The van der Waals surface area contributed by atoms with E-state index in [0.29, 0.717) is 6.20 Å². The first-order chi connectivity index (χ1) is 13.9. The number of amidine groups is 1. The number of aromatic nitrogens is 1. The average Bonchev–Trinajstić information content (AvgIpc) is 2.65. The van der Waals surface area contributed by atoms with Crippen LogP contribution < -0.4 is 5.73 Å². The summed E-state index contributed by atoms with van der Waals surface area (Å²) in [6.45, 7) is 0.850. The van der Waals surface area contributed by atoms with Crippen molar-refractivity contribution in [3.63, 3.8) is 0 Å². The van der Waals surface area contributed by atoms with Gasteiger partial charge in [0.05, 0.1) is 5.56 Å². The normalized spacial score (nSPS) is 21.7. The molecule has 0 saturated heterocycles. The minimum Gasteiger partial charge on any atom is -0.462 e. The summed E-state index contributed by atoms with van der Waals surface area (Å²) in [6, 6.07) is 3.20. The first-order valence-electron chi connectivity index (χ1n) is 8.59. The molecule has 0 aliphatic carbocycles. The monoisotopic (exact) mass is 431 g/mol. The van der Waals surface area contributed by atoms with E-state index >= 15 is 0 Å². The number of nitrogens with zero attached hydrogens (tertiary/aromatic N) is 2. The maximum Gasteiger partial charge on any atom is 0.417 e. The number of hydrogen-bond acceptors (Lipinski definition) is 5. The van der Waals surface area contributed by atoms with Crippen molar-refractivity contribution >= 4 is 11.8 Å². The van der Waals surface area contributed by atoms with Gasteiger partial charge in [0.2, 0.25) is 0 Å². The van der Waals surface area contributed by atoms with Crippen LogP contribution in [0.3, 0.4) is 0 Å². The fourth-order valence-electron chi connectivity index (χ4n) is 3.02. The summed E-state index contributed by atoms with van der Waals surface area (Å²) < 4.78 is 85.5. The maximum absolute atomic E-state index is 14.4. The molecule has 0 amide bonds. The number of carbonyl (C=O) groups excluding carboxylic acids is 1. The van der Waals surface area contributed by atoms with Gasteiger partial charge in [-0.15, -0.1) is 0 Å². The van der Waals surface area contributed by atoms with E-state index in [4.69, 9.17) is 10.5 Å². The number of pyridine rings is 1. The second-order valence-corrected chi connectivity index (χ2v) is 6.84. The van der Waals surface area contributed by atoms with E-state index in [0.717, 1.165) is 6.07 Å². The summed E-state index contributed by atoms with van der Waals surface area (Å²) in [7, 11) is 0. The second kappa shape index (κ2) is 7.62. The molecule has 1 aliphatic heterocycles. The van der Waals surface area contributed by atoms with E-state index < -0.39 is 59.6 Å². The molecule has 1 aliphatic rings. The molecule has 1 aromatic heterocycles. The van der Waals surface area contributed by atoms with Crippen LogP contribution in [0.5, 0.6) is 0 Å². The fraction of sp³-hybridized carbons (Fsp3) is 0.316. The first-order valence-corrected chi connectivity index (χ1v) is 8.59. The zero-order valence-corrected chi connectivity index (χ0v) is 15.4. The Balaban J connectivity index is 1.91. The molecule has 0 bridgehead atoms. The number of ketones is 1. The van der Waals surface area contributed by atoms with Crippen LogP contribution in [0.4, 0.5) is 26.3 Å². The number of Topliss-reactive ketones (excluding diaryl/α,β-unsaturated/α-hetero) is 1. The Kier molecular flexibility index (Phi) is 5.48. The van der Waals surface area contributed by atoms with Crippen LogP contribution in [0.15, 0.2) is 35.5 Å². The molecule has 2 heterocycles. The van der Waals surface area contributed by atoms with E-state index in [2.05, 4.69) is 9.98 Å². The molecule has 3 rings (SSSR count). The van der Waals surface area contributed by atoms with Crippen molar-refractivity contribution in [2.45, 2.75) is 31.2 Å². The quantitative estimate of drug-likeness (QED) is 0.592. The molecule has 0 radical (unpaired) electrons. The average molecular weight is 431 g/mol. The summed E-state index contributed by atoms with van der Waals surface area (Å²) in [5.41, 5.74) is 1.58. The second-order valence-electron chi connectivity index (χ2n) is 6.84. The third kappa shape index (κ3) is 4.10. The number of aliphatic imine (C=N–C) groups is 1. The number of rotatable bonds is 4. The van der Waals surface area contributed by atoms with Crippen LogP contribution in [-0.4, -0.2) is 29.6 Å². The van der Waals surface area contributed by atoms with E-state index in [1.807, 2.05) is 0 Å². The number of benzene rings is 1. The number of carbonyl (C=O) groups is 1. The SMILES string of the molecule is C[C@]1(c2cc(CC(=O)c3ncc(C(F)(F)F)cc3F)ccc2F)N=C(N)OC[C@@H]1F. The topological polar surface area (TPSA) is 77.6 Å². The van der Waals surface area contributed by atoms with Gasteiger partial charge in [-0.05, 0) is 30.7 Å². The summed E-state index contributed by atoms with van der Waals surface area (Å²) >= 11 is 0. The number of hydrogen-bond donors (Lipinski definition) is 1. The minimum absolute atomic E-state index is 0.159. The molecule has 0 fully saturated rings. The first kappa shape index (κ1) is 21.6. The van der Waals surface area contributed by atoms with Gasteiger partial charge in [-0.3, -0.25) is 4.79 Å². The van der Waals surface area contributed by atoms with E-state index in [1.54, 1.807) is 0 Å². The zero-order chi connectivity index (χ0) is 22.3. The fourth-order valence-corrected chi connectivity index (χ4v) is 3.02. The highest BCUT2D eigenvalue weighted by Gasteiger charge is 2.42. The predicted molar refractivity (Wildman–Crippen MR) is 93.5 cm³/mol. The molecule has 30 heavy (non-hydrogen) atoms. The van der Waals surface area contributed by atoms with Gasteiger partial charge in [0.15, 0.2) is 17.8 Å². The van der Waals surface area contributed by atoms with E-state index in [1.165, 1.54) is 19.1 Å². The lowest BCUT2D eigenvalue weighted by atomic mass is 9.85. The molecule has 2 aromatic rings. The molecular formula is C19H15F6N3O2. The third-order valence-corrected chi connectivity index (χ3v) is 4.70. The standard InChI is InChI=1S/C19H15F6N3O2/c1-18(15(22)8-30-17(26)28-18)11-4-9(2-3-12(11)20)5-14(29)16-13(21)6-10(7-27-16)19(23,24)25/h2-4,6-7,15H,5,8H2,1H3,(H2,26,28)/t15-,18+/m0/s1. The van der Waals surface area contributed by atoms with Crippen molar-refractivity contribution in [1.29, 1.82) is 0 Å². The van der Waals surface area contributed by atoms with Gasteiger partial charge in [-0.25, -0.2) is 23.1 Å². The predicted octanol–water partition coefficient (Wildman–Crippen LogP) is 3.70. The van der Waals surface area contributed by atoms with Gasteiger partial charge in [0.25, 0.3) is 6.02 Å². The Labute approximate surface area is 166 Å². The van der Waals surface area contributed by atoms with Crippen LogP contribution >= 0.6 is 0 Å². The van der Waals surface area contributed by atoms with Crippen molar-refractivity contribution < 1.29 is 35.9 Å². The maximum atomic E-state index is 14.4. The number of alkyl halides is 4. The lowest BCUT2D eigenvalue weighted by molar-refractivity contribution is -0.138. The molecule has 1 aromatic carbocycles. The highest BCUT2D eigenvalue weighted by molar-refractivity contribution is 5.96. The number of ether oxygens (including phenoxy) is 1. The highest BCUT2D eigenvalue weighted by Crippen LogP contribution is 2.36. The molecule has 0 spiro atoms. The Morgan fingerprint density at radius 1 is 1.27 bits per heavy atom. The van der Waals surface area contributed by atoms with Gasteiger partial charge in [-0.1, -0.05) is 6.07 Å². The molecule has 160 valence electrons. The van der Waals surface area contributed by atoms with Crippen molar-refractivity contribution in [3.05, 3.63) is 64.5 Å². The van der Waals surface area contributed by atoms with E-state index in [9.17, 15) is 31.1 Å². The van der Waals surface area contributed by atoms with Crippen molar-refractivity contribution in [1.82, 2.24) is 4.98 Å². The van der Waals surface area contributed by atoms with Crippen molar-refractivity contribution in [2.75, 3.05) is 6.61 Å². The molecule has 2 N–H and O–H groups in total. The van der Waals surface area contributed by atoms with Crippen molar-refractivity contribution in [2.24, 2.45) is 10.7 Å². The molecule has 2 atom stereocenters. The lowest BCUT2D eigenvalue weighted by Gasteiger charge is -2.33. The summed E-state index contributed by atoms with van der Waals surface area (Å²) in [6.07, 6.45) is -6.71. The van der Waals surface area contributed by atoms with Crippen LogP contribution in [0.1, 0.15) is 34.1 Å². The molecule has 0 unspecified atom stereocenters.